The maximum absolute atomic E-state index is 13.3. The van der Waals surface area contributed by atoms with E-state index in [9.17, 15) is 12.8 Å². The number of nitrogens with one attached hydrogen (secondary N) is 2. The molecular formula is C11H17FN2O2S. The van der Waals surface area contributed by atoms with Gasteiger partial charge in [-0.1, -0.05) is 6.07 Å². The third-order valence-electron chi connectivity index (χ3n) is 2.53. The van der Waals surface area contributed by atoms with Gasteiger partial charge in [0.15, 0.2) is 0 Å². The lowest BCUT2D eigenvalue weighted by Crippen LogP contribution is -2.37. The highest BCUT2D eigenvalue weighted by Crippen LogP contribution is 2.13. The predicted octanol–water partition coefficient (Wildman–Crippen LogP) is 1.02. The molecule has 6 heteroatoms. The summed E-state index contributed by atoms with van der Waals surface area (Å²) >= 11 is 0. The van der Waals surface area contributed by atoms with E-state index in [-0.39, 0.29) is 17.5 Å². The van der Waals surface area contributed by atoms with Crippen molar-refractivity contribution in [2.75, 3.05) is 13.6 Å². The second-order valence-electron chi connectivity index (χ2n) is 3.95. The van der Waals surface area contributed by atoms with Crippen molar-refractivity contribution < 1.29 is 12.8 Å². The smallest absolute Gasteiger partial charge is 0.240 e. The first-order valence-electron chi connectivity index (χ1n) is 5.30. The third kappa shape index (κ3) is 3.76. The van der Waals surface area contributed by atoms with Crippen molar-refractivity contribution >= 4 is 10.0 Å². The molecule has 0 saturated heterocycles. The summed E-state index contributed by atoms with van der Waals surface area (Å²) in [6, 6.07) is 3.89. The van der Waals surface area contributed by atoms with Crippen LogP contribution in [0.15, 0.2) is 23.1 Å². The minimum atomic E-state index is -3.63. The average molecular weight is 260 g/mol. The van der Waals surface area contributed by atoms with E-state index in [1.54, 1.807) is 14.0 Å². The zero-order valence-corrected chi connectivity index (χ0v) is 10.9. The first-order valence-corrected chi connectivity index (χ1v) is 6.78. The number of benzene rings is 1. The second-order valence-corrected chi connectivity index (χ2v) is 5.72. The number of halogens is 1. The van der Waals surface area contributed by atoms with Gasteiger partial charge < -0.3 is 5.32 Å². The van der Waals surface area contributed by atoms with Crippen LogP contribution in [0.2, 0.25) is 0 Å². The fourth-order valence-corrected chi connectivity index (χ4v) is 2.30. The van der Waals surface area contributed by atoms with Crippen LogP contribution in [0.4, 0.5) is 4.39 Å². The minimum absolute atomic E-state index is 0.0140. The number of hydrogen-bond acceptors (Lipinski definition) is 3. The second kappa shape index (κ2) is 5.57. The van der Waals surface area contributed by atoms with E-state index in [1.165, 1.54) is 12.1 Å². The molecule has 0 fully saturated rings. The van der Waals surface area contributed by atoms with Gasteiger partial charge in [-0.25, -0.2) is 17.5 Å². The van der Waals surface area contributed by atoms with Gasteiger partial charge in [-0.2, -0.15) is 0 Å². The molecule has 0 amide bonds. The lowest BCUT2D eigenvalue weighted by Gasteiger charge is -2.12. The molecule has 0 radical (unpaired) electrons. The van der Waals surface area contributed by atoms with Crippen LogP contribution in [0.3, 0.4) is 0 Å². The molecule has 1 aromatic rings. The van der Waals surface area contributed by atoms with Crippen molar-refractivity contribution in [3.63, 3.8) is 0 Å². The van der Waals surface area contributed by atoms with Gasteiger partial charge in [0.1, 0.15) is 5.82 Å². The summed E-state index contributed by atoms with van der Waals surface area (Å²) in [7, 11) is -1.89. The Morgan fingerprint density at radius 2 is 2.06 bits per heavy atom. The first kappa shape index (κ1) is 14.1. The van der Waals surface area contributed by atoms with Gasteiger partial charge in [0, 0.05) is 12.6 Å². The van der Waals surface area contributed by atoms with Crippen LogP contribution >= 0.6 is 0 Å². The van der Waals surface area contributed by atoms with E-state index < -0.39 is 15.8 Å². The van der Waals surface area contributed by atoms with Crippen molar-refractivity contribution in [1.29, 1.82) is 0 Å². The highest BCUT2D eigenvalue weighted by atomic mass is 32.2. The molecule has 0 aliphatic rings. The molecule has 0 aromatic heterocycles. The molecule has 1 unspecified atom stereocenters. The van der Waals surface area contributed by atoms with Gasteiger partial charge in [-0.3, -0.25) is 0 Å². The standard InChI is InChI=1S/C11H17FN2O2S/c1-8-4-5-10(6-11(8)12)17(15,16)14-7-9(2)13-3/h4-6,9,13-14H,7H2,1-3H3. The highest BCUT2D eigenvalue weighted by Gasteiger charge is 2.15. The maximum atomic E-state index is 13.3. The molecule has 0 bridgehead atoms. The van der Waals surface area contributed by atoms with Gasteiger partial charge in [-0.15, -0.1) is 0 Å². The van der Waals surface area contributed by atoms with Crippen molar-refractivity contribution in [2.24, 2.45) is 0 Å². The summed E-state index contributed by atoms with van der Waals surface area (Å²) in [4.78, 5) is -0.0519. The zero-order valence-electron chi connectivity index (χ0n) is 10.1. The molecule has 1 aromatic carbocycles. The van der Waals surface area contributed by atoms with E-state index in [4.69, 9.17) is 0 Å². The molecule has 0 spiro atoms. The van der Waals surface area contributed by atoms with E-state index in [1.807, 2.05) is 6.92 Å². The van der Waals surface area contributed by atoms with Crippen molar-refractivity contribution in [2.45, 2.75) is 24.8 Å². The topological polar surface area (TPSA) is 58.2 Å². The number of hydrogen-bond donors (Lipinski definition) is 2. The van der Waals surface area contributed by atoms with Gasteiger partial charge in [0.05, 0.1) is 4.90 Å². The SMILES string of the molecule is CNC(C)CNS(=O)(=O)c1ccc(C)c(F)c1. The molecule has 2 N–H and O–H groups in total. The van der Waals surface area contributed by atoms with Crippen molar-refractivity contribution in [3.8, 4) is 0 Å². The normalized spacial score (nSPS) is 13.6. The molecule has 96 valence electrons. The highest BCUT2D eigenvalue weighted by molar-refractivity contribution is 7.89. The monoisotopic (exact) mass is 260 g/mol. The number of sulfonamides is 1. The Kier molecular flexibility index (Phi) is 4.62. The van der Waals surface area contributed by atoms with Crippen molar-refractivity contribution in [1.82, 2.24) is 10.0 Å². The van der Waals surface area contributed by atoms with Crippen LogP contribution in [0.1, 0.15) is 12.5 Å². The van der Waals surface area contributed by atoms with Crippen molar-refractivity contribution in [3.05, 3.63) is 29.6 Å². The lowest BCUT2D eigenvalue weighted by atomic mass is 10.2. The molecule has 1 atom stereocenters. The summed E-state index contributed by atoms with van der Waals surface area (Å²) in [6.45, 7) is 3.69. The summed E-state index contributed by atoms with van der Waals surface area (Å²) in [6.07, 6.45) is 0. The molecule has 0 heterocycles. The van der Waals surface area contributed by atoms with E-state index in [0.717, 1.165) is 6.07 Å². The Labute approximate surface area is 101 Å². The molecule has 17 heavy (non-hydrogen) atoms. The summed E-state index contributed by atoms with van der Waals surface area (Å²) in [5.74, 6) is -0.519. The molecular weight excluding hydrogens is 243 g/mol. The molecule has 0 saturated carbocycles. The van der Waals surface area contributed by atoms with E-state index >= 15 is 0 Å². The van der Waals surface area contributed by atoms with Crippen LogP contribution in [0.25, 0.3) is 0 Å². The third-order valence-corrected chi connectivity index (χ3v) is 3.95. The molecule has 0 aliphatic carbocycles. The largest absolute Gasteiger partial charge is 0.316 e. The van der Waals surface area contributed by atoms with Gasteiger partial charge in [-0.05, 0) is 38.6 Å². The Bertz CT molecular complexity index is 488. The van der Waals surface area contributed by atoms with E-state index in [0.29, 0.717) is 5.56 Å². The van der Waals surface area contributed by atoms with Crippen LogP contribution < -0.4 is 10.0 Å². The minimum Gasteiger partial charge on any atom is -0.316 e. The Morgan fingerprint density at radius 3 is 2.59 bits per heavy atom. The summed E-state index contributed by atoms with van der Waals surface area (Å²) < 4.78 is 39.3. The van der Waals surface area contributed by atoms with Gasteiger partial charge >= 0.3 is 0 Å². The molecule has 4 nitrogen and oxygen atoms in total. The number of likely N-dealkylation sites (N-methyl/N-ethyl adjacent to an activating group) is 1. The maximum Gasteiger partial charge on any atom is 0.240 e. The predicted molar refractivity (Wildman–Crippen MR) is 64.8 cm³/mol. The quantitative estimate of drug-likeness (QED) is 0.831. The zero-order chi connectivity index (χ0) is 13.1. The van der Waals surface area contributed by atoms with Crippen LogP contribution in [-0.4, -0.2) is 28.1 Å². The first-order chi connectivity index (χ1) is 7.86. The fourth-order valence-electron chi connectivity index (χ4n) is 1.16. The molecule has 1 rings (SSSR count). The number of aryl methyl sites for hydroxylation is 1. The Morgan fingerprint density at radius 1 is 1.41 bits per heavy atom. The number of rotatable bonds is 5. The summed E-state index contributed by atoms with van der Waals surface area (Å²) in [5, 5.41) is 2.91. The van der Waals surface area contributed by atoms with Gasteiger partial charge in [0.25, 0.3) is 0 Å². The fraction of sp³-hybridized carbons (Fsp3) is 0.455. The average Bonchev–Trinajstić information content (AvgIpc) is 2.29. The Balaban J connectivity index is 2.86. The molecule has 0 aliphatic heterocycles. The van der Waals surface area contributed by atoms with E-state index in [2.05, 4.69) is 10.0 Å². The van der Waals surface area contributed by atoms with Crippen LogP contribution in [0.5, 0.6) is 0 Å². The van der Waals surface area contributed by atoms with Crippen LogP contribution in [0, 0.1) is 12.7 Å². The van der Waals surface area contributed by atoms with Gasteiger partial charge in [0.2, 0.25) is 10.0 Å². The Hall–Kier alpha value is -0.980. The lowest BCUT2D eigenvalue weighted by molar-refractivity contribution is 0.552. The van der Waals surface area contributed by atoms with Crippen LogP contribution in [-0.2, 0) is 10.0 Å². The summed E-state index contributed by atoms with van der Waals surface area (Å²) in [5.41, 5.74) is 0.424.